The third-order valence-electron chi connectivity index (χ3n) is 0.493. The van der Waals surface area contributed by atoms with Crippen LogP contribution in [-0.4, -0.2) is 13.1 Å². The fourth-order valence-corrected chi connectivity index (χ4v) is 0.228. The Morgan fingerprint density at radius 2 is 2.50 bits per heavy atom. The summed E-state index contributed by atoms with van der Waals surface area (Å²) in [5.74, 6) is 0. The van der Waals surface area contributed by atoms with E-state index in [0.717, 1.165) is 6.54 Å². The molecule has 0 aromatic rings. The third-order valence-corrected chi connectivity index (χ3v) is 0.493. The molecule has 0 atom stereocenters. The Balaban J connectivity index is 2.34. The predicted octanol–water partition coefficient (Wildman–Crippen LogP) is -0.284. The van der Waals surface area contributed by atoms with E-state index in [-0.39, 0.29) is 0 Å². The lowest BCUT2D eigenvalue weighted by atomic mass is 10.6. The average Bonchev–Trinajstić information content (AvgIpc) is 1.61. The van der Waals surface area contributed by atoms with Gasteiger partial charge >= 0.3 is 0 Å². The summed E-state index contributed by atoms with van der Waals surface area (Å²) in [4.78, 5) is 0. The quantitative estimate of drug-likeness (QED) is 0.464. The van der Waals surface area contributed by atoms with Crippen molar-refractivity contribution in [2.24, 2.45) is 5.73 Å². The molecular formula is C4H11N2. The maximum Gasteiger partial charge on any atom is 0.0190 e. The zero-order valence-corrected chi connectivity index (χ0v) is 4.07. The number of rotatable bonds is 3. The molecule has 0 fully saturated rings. The monoisotopic (exact) mass is 87.1 g/mol. The molecule has 6 heavy (non-hydrogen) atoms. The average molecular weight is 87.1 g/mol. The SMILES string of the molecule is C[CH]NCCN. The first-order chi connectivity index (χ1) is 2.91. The maximum absolute atomic E-state index is 5.13. The first-order valence-corrected chi connectivity index (χ1v) is 2.13. The van der Waals surface area contributed by atoms with E-state index in [1.807, 2.05) is 13.5 Å². The Kier molecular flexibility index (Phi) is 4.85. The molecule has 0 unspecified atom stereocenters. The van der Waals surface area contributed by atoms with Gasteiger partial charge in [-0.05, 0) is 6.92 Å². The summed E-state index contributed by atoms with van der Waals surface area (Å²) in [6.45, 7) is 5.42. The van der Waals surface area contributed by atoms with Crippen molar-refractivity contribution >= 4 is 0 Å². The van der Waals surface area contributed by atoms with Gasteiger partial charge in [-0.15, -0.1) is 0 Å². The van der Waals surface area contributed by atoms with Crippen LogP contribution in [0.25, 0.3) is 0 Å². The van der Waals surface area contributed by atoms with Crippen LogP contribution in [0.15, 0.2) is 0 Å². The molecule has 0 saturated heterocycles. The summed E-state index contributed by atoms with van der Waals surface area (Å²) >= 11 is 0. The summed E-state index contributed by atoms with van der Waals surface area (Å²) in [6.07, 6.45) is 0. The van der Waals surface area contributed by atoms with Crippen molar-refractivity contribution in [1.82, 2.24) is 5.32 Å². The second-order valence-corrected chi connectivity index (χ2v) is 1.03. The standard InChI is InChI=1S/C4H11N2/c1-2-6-4-3-5/h2,6H,3-5H2,1H3. The zero-order chi connectivity index (χ0) is 4.83. The van der Waals surface area contributed by atoms with E-state index in [1.54, 1.807) is 0 Å². The molecular weight excluding hydrogens is 76.1 g/mol. The molecule has 2 nitrogen and oxygen atoms in total. The highest BCUT2D eigenvalue weighted by Crippen LogP contribution is 1.56. The molecule has 0 spiro atoms. The van der Waals surface area contributed by atoms with Gasteiger partial charge in [0.2, 0.25) is 0 Å². The first-order valence-electron chi connectivity index (χ1n) is 2.13. The fraction of sp³-hybridized carbons (Fsp3) is 0.750. The minimum atomic E-state index is 0.713. The predicted molar refractivity (Wildman–Crippen MR) is 27.0 cm³/mol. The van der Waals surface area contributed by atoms with E-state index in [0.29, 0.717) is 6.54 Å². The molecule has 0 bridgehead atoms. The van der Waals surface area contributed by atoms with Crippen LogP contribution in [0, 0.1) is 6.54 Å². The third kappa shape index (κ3) is 3.92. The molecule has 1 radical (unpaired) electrons. The zero-order valence-electron chi connectivity index (χ0n) is 4.07. The van der Waals surface area contributed by atoms with E-state index >= 15 is 0 Å². The second-order valence-electron chi connectivity index (χ2n) is 1.03. The topological polar surface area (TPSA) is 38.0 Å². The molecule has 0 saturated carbocycles. The van der Waals surface area contributed by atoms with Crippen molar-refractivity contribution in [3.05, 3.63) is 6.54 Å². The van der Waals surface area contributed by atoms with Gasteiger partial charge in [0.05, 0.1) is 0 Å². The molecule has 3 N–H and O–H groups in total. The summed E-state index contributed by atoms with van der Waals surface area (Å²) in [5.41, 5.74) is 5.13. The van der Waals surface area contributed by atoms with E-state index in [4.69, 9.17) is 5.73 Å². The van der Waals surface area contributed by atoms with Crippen LogP contribution < -0.4 is 11.1 Å². The lowest BCUT2D eigenvalue weighted by molar-refractivity contribution is 0.792. The Hall–Kier alpha value is -0.0800. The minimum absolute atomic E-state index is 0.713. The van der Waals surface area contributed by atoms with Gasteiger partial charge in [-0.25, -0.2) is 0 Å². The molecule has 0 aromatic carbocycles. The molecule has 2 heteroatoms. The minimum Gasteiger partial charge on any atom is -0.329 e. The highest BCUT2D eigenvalue weighted by molar-refractivity contribution is 4.51. The molecule has 0 aliphatic carbocycles. The Morgan fingerprint density at radius 1 is 1.83 bits per heavy atom. The lowest BCUT2D eigenvalue weighted by Crippen LogP contribution is -2.18. The highest BCUT2D eigenvalue weighted by atomic mass is 14.9. The second kappa shape index (κ2) is 4.92. The first kappa shape index (κ1) is 5.92. The highest BCUT2D eigenvalue weighted by Gasteiger charge is 1.71. The summed E-state index contributed by atoms with van der Waals surface area (Å²) < 4.78 is 0. The van der Waals surface area contributed by atoms with Crippen molar-refractivity contribution in [2.75, 3.05) is 13.1 Å². The van der Waals surface area contributed by atoms with E-state index in [9.17, 15) is 0 Å². The summed E-state index contributed by atoms with van der Waals surface area (Å²) in [6, 6.07) is 0. The van der Waals surface area contributed by atoms with Crippen LogP contribution in [0.3, 0.4) is 0 Å². The number of hydrogen-bond donors (Lipinski definition) is 2. The lowest BCUT2D eigenvalue weighted by Gasteiger charge is -1.91. The van der Waals surface area contributed by atoms with Gasteiger partial charge in [-0.1, -0.05) is 0 Å². The molecule has 0 rings (SSSR count). The maximum atomic E-state index is 5.13. The van der Waals surface area contributed by atoms with Gasteiger partial charge in [0.25, 0.3) is 0 Å². The number of hydrogen-bond acceptors (Lipinski definition) is 2. The molecule has 0 heterocycles. The van der Waals surface area contributed by atoms with Crippen molar-refractivity contribution in [3.63, 3.8) is 0 Å². The van der Waals surface area contributed by atoms with E-state index < -0.39 is 0 Å². The van der Waals surface area contributed by atoms with Gasteiger partial charge in [0.15, 0.2) is 0 Å². The van der Waals surface area contributed by atoms with E-state index in [1.165, 1.54) is 0 Å². The van der Waals surface area contributed by atoms with Crippen molar-refractivity contribution in [2.45, 2.75) is 6.92 Å². The van der Waals surface area contributed by atoms with Gasteiger partial charge < -0.3 is 11.1 Å². The van der Waals surface area contributed by atoms with Crippen molar-refractivity contribution < 1.29 is 0 Å². The van der Waals surface area contributed by atoms with Gasteiger partial charge in [-0.2, -0.15) is 0 Å². The van der Waals surface area contributed by atoms with Crippen LogP contribution in [-0.2, 0) is 0 Å². The Bertz CT molecular complexity index is 17.5. The molecule has 0 amide bonds. The van der Waals surface area contributed by atoms with Gasteiger partial charge in [-0.3, -0.25) is 0 Å². The van der Waals surface area contributed by atoms with Crippen LogP contribution in [0.5, 0.6) is 0 Å². The molecule has 0 aliphatic rings. The summed E-state index contributed by atoms with van der Waals surface area (Å²) in [7, 11) is 0. The van der Waals surface area contributed by atoms with Crippen LogP contribution in [0.1, 0.15) is 6.92 Å². The molecule has 0 aliphatic heterocycles. The molecule has 0 aromatic heterocycles. The van der Waals surface area contributed by atoms with Crippen molar-refractivity contribution in [1.29, 1.82) is 0 Å². The van der Waals surface area contributed by atoms with Crippen molar-refractivity contribution in [3.8, 4) is 0 Å². The Morgan fingerprint density at radius 3 is 2.67 bits per heavy atom. The normalized spacial score (nSPS) is 9.00. The number of nitrogens with two attached hydrogens (primary N) is 1. The number of nitrogens with one attached hydrogen (secondary N) is 1. The smallest absolute Gasteiger partial charge is 0.0190 e. The fourth-order valence-electron chi connectivity index (χ4n) is 0.228. The summed E-state index contributed by atoms with van der Waals surface area (Å²) in [5, 5.41) is 2.95. The van der Waals surface area contributed by atoms with Gasteiger partial charge in [0, 0.05) is 19.6 Å². The van der Waals surface area contributed by atoms with E-state index in [2.05, 4.69) is 5.32 Å². The van der Waals surface area contributed by atoms with Crippen LogP contribution >= 0.6 is 0 Å². The van der Waals surface area contributed by atoms with Gasteiger partial charge in [0.1, 0.15) is 0 Å². The van der Waals surface area contributed by atoms with Crippen LogP contribution in [0.2, 0.25) is 0 Å². The van der Waals surface area contributed by atoms with Crippen LogP contribution in [0.4, 0.5) is 0 Å². The largest absolute Gasteiger partial charge is 0.329 e. The molecule has 37 valence electrons. The Labute approximate surface area is 38.7 Å².